The maximum atomic E-state index is 5.99. The number of fused-ring (bicyclic) bond motifs is 1. The predicted molar refractivity (Wildman–Crippen MR) is 72.8 cm³/mol. The number of rotatable bonds is 1. The fourth-order valence-electron chi connectivity index (χ4n) is 2.03. The number of hydrogen-bond acceptors (Lipinski definition) is 3. The van der Waals surface area contributed by atoms with E-state index in [4.69, 9.17) is 5.73 Å². The third-order valence-electron chi connectivity index (χ3n) is 2.95. The molecule has 0 saturated heterocycles. The molecule has 0 amide bonds. The molecule has 0 aliphatic heterocycles. The highest BCUT2D eigenvalue weighted by Gasteiger charge is 2.10. The molecule has 0 fully saturated rings. The average molecular weight is 238 g/mol. The Kier molecular flexibility index (Phi) is 2.30. The Morgan fingerprint density at radius 1 is 1.06 bits per heavy atom. The standard InChI is InChI=1S/C14H14N4/c1-9-3-5-11(6-4-9)18-13-12(17-14(18)15)7-10(2)8-16-13/h3-8H,1-2H3,(H2,15,17). The largest absolute Gasteiger partial charge is 0.369 e. The molecular formula is C14H14N4. The van der Waals surface area contributed by atoms with Gasteiger partial charge in [-0.2, -0.15) is 0 Å². The van der Waals surface area contributed by atoms with Gasteiger partial charge in [0.05, 0.1) is 5.69 Å². The van der Waals surface area contributed by atoms with Gasteiger partial charge in [-0.05, 0) is 37.6 Å². The van der Waals surface area contributed by atoms with Gasteiger partial charge in [-0.15, -0.1) is 0 Å². The lowest BCUT2D eigenvalue weighted by atomic mass is 10.2. The second kappa shape index (κ2) is 3.84. The normalized spacial score (nSPS) is 11.0. The lowest BCUT2D eigenvalue weighted by molar-refractivity contribution is 1.08. The summed E-state index contributed by atoms with van der Waals surface area (Å²) >= 11 is 0. The molecule has 3 aromatic rings. The Morgan fingerprint density at radius 2 is 1.78 bits per heavy atom. The van der Waals surface area contributed by atoms with Gasteiger partial charge in [-0.1, -0.05) is 17.7 Å². The van der Waals surface area contributed by atoms with Gasteiger partial charge in [0.15, 0.2) is 5.65 Å². The van der Waals surface area contributed by atoms with Crippen LogP contribution in [0.5, 0.6) is 0 Å². The molecule has 4 heteroatoms. The zero-order valence-corrected chi connectivity index (χ0v) is 10.4. The average Bonchev–Trinajstić information content (AvgIpc) is 2.65. The summed E-state index contributed by atoms with van der Waals surface area (Å²) in [6.45, 7) is 4.05. The summed E-state index contributed by atoms with van der Waals surface area (Å²) in [6, 6.07) is 10.1. The number of anilines is 1. The van der Waals surface area contributed by atoms with E-state index in [1.807, 2.05) is 35.9 Å². The van der Waals surface area contributed by atoms with Crippen LogP contribution in [0, 0.1) is 13.8 Å². The van der Waals surface area contributed by atoms with Crippen LogP contribution >= 0.6 is 0 Å². The fourth-order valence-corrected chi connectivity index (χ4v) is 2.03. The van der Waals surface area contributed by atoms with Crippen LogP contribution in [0.3, 0.4) is 0 Å². The van der Waals surface area contributed by atoms with Gasteiger partial charge in [-0.25, -0.2) is 9.97 Å². The molecule has 2 N–H and O–H groups in total. The van der Waals surface area contributed by atoms with Crippen molar-refractivity contribution in [3.05, 3.63) is 47.7 Å². The van der Waals surface area contributed by atoms with Gasteiger partial charge in [0, 0.05) is 6.20 Å². The van der Waals surface area contributed by atoms with Crippen molar-refractivity contribution in [2.45, 2.75) is 13.8 Å². The Bertz CT molecular complexity index is 710. The van der Waals surface area contributed by atoms with Crippen LogP contribution in [0.15, 0.2) is 36.5 Å². The minimum Gasteiger partial charge on any atom is -0.369 e. The van der Waals surface area contributed by atoms with E-state index in [-0.39, 0.29) is 0 Å². The third-order valence-corrected chi connectivity index (χ3v) is 2.95. The van der Waals surface area contributed by atoms with Gasteiger partial charge in [-0.3, -0.25) is 4.57 Å². The van der Waals surface area contributed by atoms with Gasteiger partial charge >= 0.3 is 0 Å². The number of nitrogens with two attached hydrogens (primary N) is 1. The first kappa shape index (κ1) is 10.8. The monoisotopic (exact) mass is 238 g/mol. The number of imidazole rings is 1. The van der Waals surface area contributed by atoms with E-state index in [0.717, 1.165) is 22.4 Å². The molecule has 0 atom stereocenters. The van der Waals surface area contributed by atoms with Crippen molar-refractivity contribution in [3.63, 3.8) is 0 Å². The van der Waals surface area contributed by atoms with E-state index in [2.05, 4.69) is 29.0 Å². The highest BCUT2D eigenvalue weighted by atomic mass is 15.2. The zero-order chi connectivity index (χ0) is 12.7. The molecule has 0 unspecified atom stereocenters. The van der Waals surface area contributed by atoms with E-state index in [1.165, 1.54) is 5.56 Å². The number of nitrogens with zero attached hydrogens (tertiary/aromatic N) is 3. The minimum absolute atomic E-state index is 0.465. The van der Waals surface area contributed by atoms with Crippen molar-refractivity contribution >= 4 is 17.1 Å². The second-order valence-corrected chi connectivity index (χ2v) is 4.50. The first-order valence-corrected chi connectivity index (χ1v) is 5.83. The summed E-state index contributed by atoms with van der Waals surface area (Å²) in [4.78, 5) is 8.77. The topological polar surface area (TPSA) is 56.7 Å². The molecule has 0 aliphatic rings. The van der Waals surface area contributed by atoms with E-state index < -0.39 is 0 Å². The van der Waals surface area contributed by atoms with Crippen LogP contribution < -0.4 is 5.73 Å². The summed E-state index contributed by atoms with van der Waals surface area (Å²) in [5.74, 6) is 0.465. The quantitative estimate of drug-likeness (QED) is 0.709. The molecule has 0 saturated carbocycles. The van der Waals surface area contributed by atoms with Crippen LogP contribution in [-0.4, -0.2) is 14.5 Å². The van der Waals surface area contributed by atoms with Crippen molar-refractivity contribution in [3.8, 4) is 5.69 Å². The molecule has 18 heavy (non-hydrogen) atoms. The van der Waals surface area contributed by atoms with Crippen molar-refractivity contribution in [1.82, 2.24) is 14.5 Å². The van der Waals surface area contributed by atoms with Crippen molar-refractivity contribution in [2.75, 3.05) is 5.73 Å². The van der Waals surface area contributed by atoms with E-state index in [9.17, 15) is 0 Å². The predicted octanol–water partition coefficient (Wildman–Crippen LogP) is 2.62. The first-order chi connectivity index (χ1) is 8.65. The Balaban J connectivity index is 2.28. The summed E-state index contributed by atoms with van der Waals surface area (Å²) < 4.78 is 1.87. The van der Waals surface area contributed by atoms with Crippen LogP contribution in [0.4, 0.5) is 5.95 Å². The van der Waals surface area contributed by atoms with Gasteiger partial charge in [0.25, 0.3) is 0 Å². The van der Waals surface area contributed by atoms with Crippen molar-refractivity contribution in [1.29, 1.82) is 0 Å². The molecule has 2 heterocycles. The molecule has 3 rings (SSSR count). The maximum Gasteiger partial charge on any atom is 0.207 e. The molecule has 2 aromatic heterocycles. The highest BCUT2D eigenvalue weighted by molar-refractivity contribution is 5.77. The van der Waals surface area contributed by atoms with Crippen LogP contribution in [0.25, 0.3) is 16.9 Å². The first-order valence-electron chi connectivity index (χ1n) is 5.83. The van der Waals surface area contributed by atoms with Crippen LogP contribution in [-0.2, 0) is 0 Å². The Labute approximate surface area is 105 Å². The number of nitrogen functional groups attached to an aromatic ring is 1. The number of aryl methyl sites for hydroxylation is 2. The lowest BCUT2D eigenvalue weighted by Gasteiger charge is -2.06. The second-order valence-electron chi connectivity index (χ2n) is 4.50. The van der Waals surface area contributed by atoms with Crippen molar-refractivity contribution in [2.24, 2.45) is 0 Å². The molecule has 0 bridgehead atoms. The van der Waals surface area contributed by atoms with Crippen molar-refractivity contribution < 1.29 is 0 Å². The highest BCUT2D eigenvalue weighted by Crippen LogP contribution is 2.22. The fraction of sp³-hybridized carbons (Fsp3) is 0.143. The summed E-state index contributed by atoms with van der Waals surface area (Å²) in [7, 11) is 0. The zero-order valence-electron chi connectivity index (χ0n) is 10.4. The van der Waals surface area contributed by atoms with Crippen LogP contribution in [0.1, 0.15) is 11.1 Å². The van der Waals surface area contributed by atoms with E-state index in [0.29, 0.717) is 5.95 Å². The number of benzene rings is 1. The van der Waals surface area contributed by atoms with Gasteiger partial charge in [0.2, 0.25) is 5.95 Å². The lowest BCUT2D eigenvalue weighted by Crippen LogP contribution is -2.01. The molecule has 0 spiro atoms. The number of aromatic nitrogens is 3. The van der Waals surface area contributed by atoms with E-state index in [1.54, 1.807) is 0 Å². The van der Waals surface area contributed by atoms with Gasteiger partial charge in [0.1, 0.15) is 5.52 Å². The summed E-state index contributed by atoms with van der Waals surface area (Å²) in [5, 5.41) is 0. The minimum atomic E-state index is 0.465. The Morgan fingerprint density at radius 3 is 2.50 bits per heavy atom. The molecule has 4 nitrogen and oxygen atoms in total. The molecule has 90 valence electrons. The summed E-state index contributed by atoms with van der Waals surface area (Å²) in [6.07, 6.45) is 1.83. The summed E-state index contributed by atoms with van der Waals surface area (Å²) in [5.41, 5.74) is 10.9. The SMILES string of the molecule is Cc1ccc(-n2c(N)nc3cc(C)cnc32)cc1. The van der Waals surface area contributed by atoms with Gasteiger partial charge < -0.3 is 5.73 Å². The number of pyridine rings is 1. The molecule has 0 aliphatic carbocycles. The maximum absolute atomic E-state index is 5.99. The van der Waals surface area contributed by atoms with Crippen LogP contribution in [0.2, 0.25) is 0 Å². The number of hydrogen-bond donors (Lipinski definition) is 1. The van der Waals surface area contributed by atoms with E-state index >= 15 is 0 Å². The Hall–Kier alpha value is -2.36. The molecule has 0 radical (unpaired) electrons. The molecule has 1 aromatic carbocycles. The molecular weight excluding hydrogens is 224 g/mol. The smallest absolute Gasteiger partial charge is 0.207 e. The third kappa shape index (κ3) is 1.62.